The topological polar surface area (TPSA) is 95.1 Å². The van der Waals surface area contributed by atoms with Gasteiger partial charge in [0.25, 0.3) is 5.91 Å². The lowest BCUT2D eigenvalue weighted by Crippen LogP contribution is -2.14. The Balaban J connectivity index is 2.32. The molecule has 19 heavy (non-hydrogen) atoms. The first-order valence-electron chi connectivity index (χ1n) is 5.56. The molecule has 2 heterocycles. The summed E-state index contributed by atoms with van der Waals surface area (Å²) in [6.45, 7) is 5.25. The third-order valence-corrected chi connectivity index (χ3v) is 3.63. The number of aromatic nitrogens is 2. The highest BCUT2D eigenvalue weighted by Gasteiger charge is 2.20. The number of hydrogen-bond donors (Lipinski definition) is 3. The van der Waals surface area contributed by atoms with Gasteiger partial charge >= 0.3 is 5.97 Å². The van der Waals surface area contributed by atoms with Crippen molar-refractivity contribution < 1.29 is 14.7 Å². The number of hydrogen-bond acceptors (Lipinski definition) is 4. The number of carbonyl (C=O) groups is 2. The van der Waals surface area contributed by atoms with E-state index >= 15 is 0 Å². The molecule has 0 unspecified atom stereocenters. The summed E-state index contributed by atoms with van der Waals surface area (Å²) in [5.74, 6) is -1.41. The van der Waals surface area contributed by atoms with E-state index in [4.69, 9.17) is 5.11 Å². The molecule has 0 aliphatic heterocycles. The van der Waals surface area contributed by atoms with Gasteiger partial charge in [0, 0.05) is 10.6 Å². The molecule has 0 spiro atoms. The van der Waals surface area contributed by atoms with E-state index in [2.05, 4.69) is 15.5 Å². The van der Waals surface area contributed by atoms with E-state index in [-0.39, 0.29) is 11.5 Å². The molecule has 6 nitrogen and oxygen atoms in total. The molecule has 0 aromatic carbocycles. The molecule has 0 saturated heterocycles. The van der Waals surface area contributed by atoms with Crippen LogP contribution in [0.15, 0.2) is 6.07 Å². The van der Waals surface area contributed by atoms with Crippen LogP contribution in [0.3, 0.4) is 0 Å². The first kappa shape index (κ1) is 13.3. The molecule has 2 aromatic heterocycles. The minimum absolute atomic E-state index is 0.106. The lowest BCUT2D eigenvalue weighted by atomic mass is 10.2. The predicted molar refractivity (Wildman–Crippen MR) is 72.0 cm³/mol. The molecule has 0 atom stereocenters. The van der Waals surface area contributed by atoms with Gasteiger partial charge in [0.15, 0.2) is 0 Å². The zero-order valence-corrected chi connectivity index (χ0v) is 11.5. The summed E-state index contributed by atoms with van der Waals surface area (Å²) in [7, 11) is 0. The van der Waals surface area contributed by atoms with Gasteiger partial charge in [-0.25, -0.2) is 4.79 Å². The van der Waals surface area contributed by atoms with E-state index in [1.54, 1.807) is 20.8 Å². The lowest BCUT2D eigenvalue weighted by molar-refractivity contribution is 0.0698. The number of carboxylic acids is 1. The number of aryl methyl sites for hydroxylation is 3. The van der Waals surface area contributed by atoms with E-state index in [9.17, 15) is 9.59 Å². The summed E-state index contributed by atoms with van der Waals surface area (Å²) in [6.07, 6.45) is 0. The second-order valence-corrected chi connectivity index (χ2v) is 5.42. The van der Waals surface area contributed by atoms with Gasteiger partial charge < -0.3 is 10.4 Å². The minimum Gasteiger partial charge on any atom is -0.478 e. The van der Waals surface area contributed by atoms with Crippen LogP contribution in [0.4, 0.5) is 5.00 Å². The maximum Gasteiger partial charge on any atom is 0.338 e. The molecule has 2 aromatic rings. The number of aromatic carboxylic acids is 1. The Labute approximate surface area is 113 Å². The largest absolute Gasteiger partial charge is 0.478 e. The van der Waals surface area contributed by atoms with Crippen molar-refractivity contribution in [2.24, 2.45) is 0 Å². The lowest BCUT2D eigenvalue weighted by Gasteiger charge is -2.04. The van der Waals surface area contributed by atoms with Crippen LogP contribution in [0.5, 0.6) is 0 Å². The minimum atomic E-state index is -1.06. The molecule has 0 aliphatic rings. The Morgan fingerprint density at radius 1 is 1.37 bits per heavy atom. The van der Waals surface area contributed by atoms with Gasteiger partial charge in [-0.15, -0.1) is 11.3 Å². The number of carboxylic acid groups (broad SMARTS) is 1. The van der Waals surface area contributed by atoms with Gasteiger partial charge in [-0.05, 0) is 26.8 Å². The Hall–Kier alpha value is -2.15. The zero-order valence-electron chi connectivity index (χ0n) is 10.7. The molecule has 2 rings (SSSR count). The van der Waals surface area contributed by atoms with Gasteiger partial charge in [-0.1, -0.05) is 0 Å². The second kappa shape index (κ2) is 4.85. The van der Waals surface area contributed by atoms with Crippen LogP contribution in [-0.4, -0.2) is 27.2 Å². The maximum absolute atomic E-state index is 12.1. The van der Waals surface area contributed by atoms with Crippen molar-refractivity contribution in [2.45, 2.75) is 20.8 Å². The van der Waals surface area contributed by atoms with Gasteiger partial charge in [-0.3, -0.25) is 9.89 Å². The number of nitrogens with one attached hydrogen (secondary N) is 2. The third kappa shape index (κ3) is 2.50. The van der Waals surface area contributed by atoms with E-state index in [1.165, 1.54) is 17.4 Å². The van der Waals surface area contributed by atoms with Crippen molar-refractivity contribution >= 4 is 28.2 Å². The molecule has 1 amide bonds. The second-order valence-electron chi connectivity index (χ2n) is 4.17. The van der Waals surface area contributed by atoms with E-state index in [1.807, 2.05) is 0 Å². The summed E-state index contributed by atoms with van der Waals surface area (Å²) >= 11 is 1.24. The van der Waals surface area contributed by atoms with Crippen LogP contribution in [0, 0.1) is 20.8 Å². The number of thiophene rings is 1. The molecule has 0 radical (unpaired) electrons. The molecule has 7 heteroatoms. The van der Waals surface area contributed by atoms with Crippen LogP contribution in [0.2, 0.25) is 0 Å². The van der Waals surface area contributed by atoms with Gasteiger partial charge in [-0.2, -0.15) is 5.10 Å². The van der Waals surface area contributed by atoms with Crippen molar-refractivity contribution in [2.75, 3.05) is 5.32 Å². The SMILES string of the molecule is Cc1cc(C(=O)O)c(NC(=O)c2c(C)n[nH]c2C)s1. The average Bonchev–Trinajstić information content (AvgIpc) is 2.82. The number of nitrogens with zero attached hydrogens (tertiary/aromatic N) is 1. The Morgan fingerprint density at radius 3 is 2.58 bits per heavy atom. The van der Waals surface area contributed by atoms with Gasteiger partial charge in [0.05, 0.1) is 16.8 Å². The quantitative estimate of drug-likeness (QED) is 0.803. The van der Waals surface area contributed by atoms with Crippen molar-refractivity contribution in [1.29, 1.82) is 0 Å². The van der Waals surface area contributed by atoms with Crippen LogP contribution in [0.1, 0.15) is 37.0 Å². The number of anilines is 1. The monoisotopic (exact) mass is 279 g/mol. The molecule has 0 bridgehead atoms. The van der Waals surface area contributed by atoms with Crippen LogP contribution < -0.4 is 5.32 Å². The Kier molecular flexibility index (Phi) is 3.39. The number of rotatable bonds is 3. The molecule has 3 N–H and O–H groups in total. The average molecular weight is 279 g/mol. The van der Waals surface area contributed by atoms with Gasteiger partial charge in [0.2, 0.25) is 0 Å². The van der Waals surface area contributed by atoms with Crippen LogP contribution in [0.25, 0.3) is 0 Å². The molecule has 100 valence electrons. The van der Waals surface area contributed by atoms with Crippen molar-refractivity contribution in [1.82, 2.24) is 10.2 Å². The summed E-state index contributed by atoms with van der Waals surface area (Å²) in [5, 5.41) is 18.7. The molecule has 0 saturated carbocycles. The van der Waals surface area contributed by atoms with E-state index in [0.717, 1.165) is 4.88 Å². The molecular formula is C12H13N3O3S. The predicted octanol–water partition coefficient (Wildman–Crippen LogP) is 2.35. The highest BCUT2D eigenvalue weighted by molar-refractivity contribution is 7.16. The summed E-state index contributed by atoms with van der Waals surface area (Å²) in [5.41, 5.74) is 1.79. The fourth-order valence-electron chi connectivity index (χ4n) is 1.82. The Bertz CT molecular complexity index is 638. The fourth-order valence-corrected chi connectivity index (χ4v) is 2.72. The maximum atomic E-state index is 12.1. The van der Waals surface area contributed by atoms with E-state index < -0.39 is 5.97 Å². The summed E-state index contributed by atoms with van der Waals surface area (Å²) in [6, 6.07) is 1.54. The smallest absolute Gasteiger partial charge is 0.338 e. The van der Waals surface area contributed by atoms with Crippen LogP contribution >= 0.6 is 11.3 Å². The first-order chi connectivity index (χ1) is 8.90. The fraction of sp³-hybridized carbons (Fsp3) is 0.250. The van der Waals surface area contributed by atoms with E-state index in [0.29, 0.717) is 22.0 Å². The van der Waals surface area contributed by atoms with Crippen molar-refractivity contribution in [3.8, 4) is 0 Å². The molecule has 0 aliphatic carbocycles. The first-order valence-corrected chi connectivity index (χ1v) is 6.38. The third-order valence-electron chi connectivity index (χ3n) is 2.67. The molecular weight excluding hydrogens is 266 g/mol. The number of aromatic amines is 1. The van der Waals surface area contributed by atoms with Crippen LogP contribution in [-0.2, 0) is 0 Å². The standard InChI is InChI=1S/C12H13N3O3S/c1-5-4-8(12(17)18)11(19-5)13-10(16)9-6(2)14-15-7(9)3/h4H,1-3H3,(H,13,16)(H,14,15)(H,17,18). The Morgan fingerprint density at radius 2 is 2.05 bits per heavy atom. The summed E-state index contributed by atoms with van der Waals surface area (Å²) < 4.78 is 0. The number of carbonyl (C=O) groups excluding carboxylic acids is 1. The zero-order chi connectivity index (χ0) is 14.2. The van der Waals surface area contributed by atoms with Crippen molar-refractivity contribution in [3.63, 3.8) is 0 Å². The molecule has 0 fully saturated rings. The number of amides is 1. The normalized spacial score (nSPS) is 10.5. The van der Waals surface area contributed by atoms with Gasteiger partial charge in [0.1, 0.15) is 5.00 Å². The van der Waals surface area contributed by atoms with Crippen molar-refractivity contribution in [3.05, 3.63) is 33.5 Å². The number of H-pyrrole nitrogens is 1. The highest BCUT2D eigenvalue weighted by atomic mass is 32.1. The summed E-state index contributed by atoms with van der Waals surface area (Å²) in [4.78, 5) is 24.0. The highest BCUT2D eigenvalue weighted by Crippen LogP contribution is 2.28.